The van der Waals surface area contributed by atoms with Gasteiger partial charge in [-0.1, -0.05) is 0 Å². The Morgan fingerprint density at radius 3 is 2.53 bits per heavy atom. The molecular weight excluding hydrogens is 218 g/mol. The van der Waals surface area contributed by atoms with Crippen LogP contribution in [-0.2, 0) is 9.53 Å². The maximum absolute atomic E-state index is 11.5. The van der Waals surface area contributed by atoms with Crippen molar-refractivity contribution in [1.29, 1.82) is 0 Å². The number of hydrogen-bond donors (Lipinski definition) is 1. The van der Waals surface area contributed by atoms with E-state index in [0.717, 1.165) is 52.0 Å². The van der Waals surface area contributed by atoms with Gasteiger partial charge in [0.05, 0.1) is 12.5 Å². The monoisotopic (exact) mass is 239 g/mol. The van der Waals surface area contributed by atoms with E-state index in [1.165, 1.54) is 0 Å². The Balaban J connectivity index is 1.81. The van der Waals surface area contributed by atoms with Crippen molar-refractivity contribution in [1.82, 2.24) is 4.90 Å². The smallest absolute Gasteiger partial charge is 0.308 e. The molecule has 0 aliphatic carbocycles. The summed E-state index contributed by atoms with van der Waals surface area (Å²) in [5, 5.41) is 9.49. The molecule has 4 aliphatic rings. The lowest BCUT2D eigenvalue weighted by molar-refractivity contribution is -0.158. The molecule has 1 N–H and O–H groups in total. The van der Waals surface area contributed by atoms with Gasteiger partial charge in [0.1, 0.15) is 0 Å². The van der Waals surface area contributed by atoms with Gasteiger partial charge in [0.15, 0.2) is 0 Å². The lowest BCUT2D eigenvalue weighted by atomic mass is 9.69. The first-order valence-corrected chi connectivity index (χ1v) is 6.82. The van der Waals surface area contributed by atoms with Crippen LogP contribution in [0.15, 0.2) is 0 Å². The van der Waals surface area contributed by atoms with Crippen molar-refractivity contribution in [2.24, 2.45) is 17.8 Å². The Hall–Kier alpha value is -0.610. The highest BCUT2D eigenvalue weighted by Gasteiger charge is 2.49. The van der Waals surface area contributed by atoms with E-state index in [1.54, 1.807) is 0 Å². The number of carboxylic acid groups (broad SMARTS) is 1. The second-order valence-electron chi connectivity index (χ2n) is 5.71. The van der Waals surface area contributed by atoms with Crippen LogP contribution >= 0.6 is 0 Å². The van der Waals surface area contributed by atoms with Crippen LogP contribution in [-0.4, -0.2) is 48.3 Å². The number of aliphatic carboxylic acids is 1. The van der Waals surface area contributed by atoms with Gasteiger partial charge in [-0.25, -0.2) is 0 Å². The van der Waals surface area contributed by atoms with Crippen LogP contribution in [0.5, 0.6) is 0 Å². The molecule has 17 heavy (non-hydrogen) atoms. The molecule has 4 aliphatic heterocycles. The minimum Gasteiger partial charge on any atom is -0.481 e. The molecular formula is C13H21NO3. The van der Waals surface area contributed by atoms with Crippen molar-refractivity contribution >= 4 is 5.97 Å². The Morgan fingerprint density at radius 2 is 1.94 bits per heavy atom. The highest BCUT2D eigenvalue weighted by molar-refractivity contribution is 5.71. The topological polar surface area (TPSA) is 49.8 Å². The highest BCUT2D eigenvalue weighted by Crippen LogP contribution is 2.41. The summed E-state index contributed by atoms with van der Waals surface area (Å²) in [7, 11) is 0. The number of hydrogen-bond acceptors (Lipinski definition) is 3. The normalized spacial score (nSPS) is 45.8. The van der Waals surface area contributed by atoms with E-state index in [4.69, 9.17) is 4.74 Å². The van der Waals surface area contributed by atoms with Crippen molar-refractivity contribution < 1.29 is 14.6 Å². The van der Waals surface area contributed by atoms with Gasteiger partial charge in [0.25, 0.3) is 0 Å². The molecule has 0 radical (unpaired) electrons. The molecule has 4 nitrogen and oxygen atoms in total. The highest BCUT2D eigenvalue weighted by atomic mass is 16.5. The molecule has 4 fully saturated rings. The van der Waals surface area contributed by atoms with E-state index in [9.17, 15) is 9.90 Å². The van der Waals surface area contributed by atoms with Crippen LogP contribution in [0, 0.1) is 17.8 Å². The summed E-state index contributed by atoms with van der Waals surface area (Å²) >= 11 is 0. The fourth-order valence-electron chi connectivity index (χ4n) is 4.06. The largest absolute Gasteiger partial charge is 0.481 e. The number of rotatable bonds is 2. The molecule has 3 unspecified atom stereocenters. The third-order valence-corrected chi connectivity index (χ3v) is 4.84. The summed E-state index contributed by atoms with van der Waals surface area (Å²) < 4.78 is 5.55. The first-order valence-electron chi connectivity index (χ1n) is 6.82. The second-order valence-corrected chi connectivity index (χ2v) is 5.71. The molecule has 0 aromatic carbocycles. The molecule has 0 saturated carbocycles. The predicted molar refractivity (Wildman–Crippen MR) is 62.8 cm³/mol. The molecule has 0 aromatic heterocycles. The van der Waals surface area contributed by atoms with Gasteiger partial charge in [-0.3, -0.25) is 9.69 Å². The number of carbonyl (C=O) groups is 1. The zero-order chi connectivity index (χ0) is 11.8. The molecule has 3 atom stereocenters. The molecule has 96 valence electrons. The van der Waals surface area contributed by atoms with Crippen LogP contribution in [0.4, 0.5) is 0 Å². The van der Waals surface area contributed by atoms with Gasteiger partial charge in [-0.2, -0.15) is 0 Å². The minimum atomic E-state index is -0.588. The number of fused-ring (bicyclic) bond motifs is 3. The van der Waals surface area contributed by atoms with E-state index in [0.29, 0.717) is 11.8 Å². The van der Waals surface area contributed by atoms with Gasteiger partial charge in [-0.15, -0.1) is 0 Å². The van der Waals surface area contributed by atoms with Crippen LogP contribution in [0.1, 0.15) is 25.7 Å². The number of carboxylic acids is 1. The predicted octanol–water partition coefficient (Wildman–Crippen LogP) is 1.21. The average Bonchev–Trinajstić information content (AvgIpc) is 2.40. The van der Waals surface area contributed by atoms with Gasteiger partial charge in [0, 0.05) is 12.6 Å². The molecule has 0 spiro atoms. The zero-order valence-corrected chi connectivity index (χ0v) is 10.2. The summed E-state index contributed by atoms with van der Waals surface area (Å²) in [6.45, 7) is 3.80. The quantitative estimate of drug-likeness (QED) is 0.787. The SMILES string of the molecule is O=C(O)C1C2CCN(CC2)C1C1CCCOC1. The lowest BCUT2D eigenvalue weighted by Crippen LogP contribution is -2.60. The Morgan fingerprint density at radius 1 is 1.18 bits per heavy atom. The third kappa shape index (κ3) is 1.97. The Labute approximate surface area is 102 Å². The van der Waals surface area contributed by atoms with Crippen molar-refractivity contribution in [2.45, 2.75) is 31.7 Å². The van der Waals surface area contributed by atoms with Crippen molar-refractivity contribution in [3.8, 4) is 0 Å². The third-order valence-electron chi connectivity index (χ3n) is 4.84. The van der Waals surface area contributed by atoms with E-state index in [-0.39, 0.29) is 12.0 Å². The second kappa shape index (κ2) is 4.58. The molecule has 4 heterocycles. The molecule has 4 saturated heterocycles. The summed E-state index contributed by atoms with van der Waals surface area (Å²) in [5.41, 5.74) is 0. The first-order chi connectivity index (χ1) is 8.27. The van der Waals surface area contributed by atoms with E-state index >= 15 is 0 Å². The number of nitrogens with zero attached hydrogens (tertiary/aromatic N) is 1. The van der Waals surface area contributed by atoms with Crippen LogP contribution in [0.2, 0.25) is 0 Å². The van der Waals surface area contributed by atoms with Crippen LogP contribution < -0.4 is 0 Å². The van der Waals surface area contributed by atoms with Gasteiger partial charge >= 0.3 is 5.97 Å². The Bertz CT molecular complexity index is 293. The summed E-state index contributed by atoms with van der Waals surface area (Å²) in [6.07, 6.45) is 4.37. The summed E-state index contributed by atoms with van der Waals surface area (Å²) in [4.78, 5) is 13.9. The fraction of sp³-hybridized carbons (Fsp3) is 0.923. The average molecular weight is 239 g/mol. The Kier molecular flexibility index (Phi) is 3.09. The van der Waals surface area contributed by atoms with Gasteiger partial charge < -0.3 is 9.84 Å². The molecule has 4 rings (SSSR count). The molecule has 0 amide bonds. The van der Waals surface area contributed by atoms with E-state index in [1.807, 2.05) is 0 Å². The van der Waals surface area contributed by atoms with E-state index in [2.05, 4.69) is 4.90 Å². The lowest BCUT2D eigenvalue weighted by Gasteiger charge is -2.52. The molecule has 4 heteroatoms. The van der Waals surface area contributed by atoms with Gasteiger partial charge in [-0.05, 0) is 50.6 Å². The number of ether oxygens (including phenoxy) is 1. The molecule has 0 aromatic rings. The zero-order valence-electron chi connectivity index (χ0n) is 10.2. The minimum absolute atomic E-state index is 0.149. The standard InChI is InChI=1S/C13H21NO3/c15-13(16)11-9-3-5-14(6-4-9)12(11)10-2-1-7-17-8-10/h9-12H,1-8H2,(H,15,16). The van der Waals surface area contributed by atoms with Crippen LogP contribution in [0.25, 0.3) is 0 Å². The van der Waals surface area contributed by atoms with Crippen molar-refractivity contribution in [2.75, 3.05) is 26.3 Å². The van der Waals surface area contributed by atoms with Crippen molar-refractivity contribution in [3.05, 3.63) is 0 Å². The van der Waals surface area contributed by atoms with Crippen LogP contribution in [0.3, 0.4) is 0 Å². The van der Waals surface area contributed by atoms with Gasteiger partial charge in [0.2, 0.25) is 0 Å². The molecule has 2 bridgehead atoms. The first kappa shape index (κ1) is 11.5. The van der Waals surface area contributed by atoms with E-state index < -0.39 is 5.97 Å². The maximum atomic E-state index is 11.5. The summed E-state index contributed by atoms with van der Waals surface area (Å²) in [5.74, 6) is 0.108. The van der Waals surface area contributed by atoms with Crippen molar-refractivity contribution in [3.63, 3.8) is 0 Å². The number of piperidine rings is 3. The maximum Gasteiger partial charge on any atom is 0.308 e. The summed E-state index contributed by atoms with van der Waals surface area (Å²) in [6, 6.07) is 0.236. The fourth-order valence-corrected chi connectivity index (χ4v) is 4.06.